The van der Waals surface area contributed by atoms with Gasteiger partial charge in [0.15, 0.2) is 0 Å². The number of hydrogen-bond acceptors (Lipinski definition) is 7. The van der Waals surface area contributed by atoms with Crippen molar-refractivity contribution < 1.29 is 44.3 Å². The van der Waals surface area contributed by atoms with Crippen molar-refractivity contribution in [1.29, 1.82) is 0 Å². The summed E-state index contributed by atoms with van der Waals surface area (Å²) in [7, 11) is 0. The molecule has 142 valence electrons. The summed E-state index contributed by atoms with van der Waals surface area (Å²) >= 11 is 0. The first kappa shape index (κ1) is 20.8. The minimum absolute atomic E-state index is 0.0640. The van der Waals surface area contributed by atoms with Crippen molar-refractivity contribution in [2.75, 3.05) is 45.9 Å². The molecule has 1 saturated carbocycles. The molecule has 0 aromatic carbocycles. The minimum atomic E-state index is -1.16. The maximum atomic E-state index is 10.8. The molecule has 11 nitrogen and oxygen atoms in total. The highest BCUT2D eigenvalue weighted by Crippen LogP contribution is 2.40. The molecule has 1 aliphatic rings. The number of nitrogens with zero attached hydrogens (tertiary/aromatic N) is 2. The molecule has 1 aliphatic carbocycles. The maximum Gasteiger partial charge on any atom is 0.317 e. The van der Waals surface area contributed by atoms with Crippen molar-refractivity contribution in [1.82, 2.24) is 9.80 Å². The summed E-state index contributed by atoms with van der Waals surface area (Å²) in [5, 5.41) is 35.2. The third kappa shape index (κ3) is 8.98. The fourth-order valence-electron chi connectivity index (χ4n) is 2.43. The zero-order valence-corrected chi connectivity index (χ0v) is 13.6. The zero-order valence-electron chi connectivity index (χ0n) is 13.6. The van der Waals surface area contributed by atoms with E-state index in [0.717, 1.165) is 0 Å². The van der Waals surface area contributed by atoms with E-state index < -0.39 is 55.7 Å². The highest BCUT2D eigenvalue weighted by molar-refractivity contribution is 5.73. The first-order valence-electron chi connectivity index (χ1n) is 7.58. The molecule has 0 atom stereocenters. The molecule has 0 bridgehead atoms. The standard InChI is InChI=1S/C14H22N2O9/c17-10(18)5-15(6-11(19)20)3-4-25-14(1-2-14)9-16(7-12(21)22)8-13(23)24/h1-9H2,(H,17,18)(H,19,20)(H,21,22)(H,23,24). The van der Waals surface area contributed by atoms with Gasteiger partial charge in [0.1, 0.15) is 0 Å². The van der Waals surface area contributed by atoms with Crippen molar-refractivity contribution in [2.45, 2.75) is 18.4 Å². The molecule has 1 fully saturated rings. The van der Waals surface area contributed by atoms with Gasteiger partial charge in [-0.3, -0.25) is 29.0 Å². The van der Waals surface area contributed by atoms with E-state index in [1.807, 2.05) is 0 Å². The number of carboxylic acid groups (broad SMARTS) is 4. The van der Waals surface area contributed by atoms with Gasteiger partial charge in [0.25, 0.3) is 0 Å². The highest BCUT2D eigenvalue weighted by Gasteiger charge is 2.45. The average Bonchev–Trinajstić information content (AvgIpc) is 3.15. The Morgan fingerprint density at radius 2 is 1.16 bits per heavy atom. The summed E-state index contributed by atoms with van der Waals surface area (Å²) < 4.78 is 5.67. The van der Waals surface area contributed by atoms with Gasteiger partial charge in [0.2, 0.25) is 0 Å². The molecule has 0 aliphatic heterocycles. The van der Waals surface area contributed by atoms with Gasteiger partial charge in [0, 0.05) is 13.1 Å². The van der Waals surface area contributed by atoms with Crippen LogP contribution in [-0.2, 0) is 23.9 Å². The quantitative estimate of drug-likeness (QED) is 0.283. The van der Waals surface area contributed by atoms with Crippen LogP contribution in [0.1, 0.15) is 12.8 Å². The van der Waals surface area contributed by atoms with Crippen molar-refractivity contribution in [3.63, 3.8) is 0 Å². The Kier molecular flexibility index (Phi) is 7.74. The summed E-state index contributed by atoms with van der Waals surface area (Å²) in [5.41, 5.74) is -0.664. The largest absolute Gasteiger partial charge is 0.480 e. The smallest absolute Gasteiger partial charge is 0.317 e. The Balaban J connectivity index is 2.50. The van der Waals surface area contributed by atoms with Crippen LogP contribution >= 0.6 is 0 Å². The van der Waals surface area contributed by atoms with E-state index in [1.165, 1.54) is 9.80 Å². The Hall–Kier alpha value is -2.24. The second-order valence-electron chi connectivity index (χ2n) is 5.96. The van der Waals surface area contributed by atoms with Gasteiger partial charge in [-0.05, 0) is 12.8 Å². The number of aliphatic carboxylic acids is 4. The fourth-order valence-corrected chi connectivity index (χ4v) is 2.43. The molecule has 4 N–H and O–H groups in total. The third-order valence-corrected chi connectivity index (χ3v) is 3.57. The van der Waals surface area contributed by atoms with E-state index in [2.05, 4.69) is 0 Å². The third-order valence-electron chi connectivity index (χ3n) is 3.57. The van der Waals surface area contributed by atoms with Gasteiger partial charge >= 0.3 is 23.9 Å². The van der Waals surface area contributed by atoms with E-state index >= 15 is 0 Å². The summed E-state index contributed by atoms with van der Waals surface area (Å²) in [4.78, 5) is 45.5. The lowest BCUT2D eigenvalue weighted by Gasteiger charge is -2.26. The molecule has 0 heterocycles. The van der Waals surface area contributed by atoms with Crippen LogP contribution in [0.5, 0.6) is 0 Å². The minimum Gasteiger partial charge on any atom is -0.480 e. The molecule has 0 saturated heterocycles. The molecule has 0 amide bonds. The van der Waals surface area contributed by atoms with Crippen molar-refractivity contribution in [3.8, 4) is 0 Å². The van der Waals surface area contributed by atoms with Gasteiger partial charge in [-0.2, -0.15) is 0 Å². The molecule has 0 aromatic heterocycles. The molecular formula is C14H22N2O9. The first-order chi connectivity index (χ1) is 11.6. The van der Waals surface area contributed by atoms with Gasteiger partial charge in [0.05, 0.1) is 38.4 Å². The lowest BCUT2D eigenvalue weighted by Crippen LogP contribution is -2.43. The Labute approximate surface area is 143 Å². The highest BCUT2D eigenvalue weighted by atomic mass is 16.5. The Morgan fingerprint density at radius 1 is 0.760 bits per heavy atom. The molecule has 0 spiro atoms. The SMILES string of the molecule is O=C(O)CN(CCOC1(CN(CC(=O)O)CC(=O)O)CC1)CC(=O)O. The van der Waals surface area contributed by atoms with Crippen LogP contribution in [0, 0.1) is 0 Å². The van der Waals surface area contributed by atoms with Gasteiger partial charge < -0.3 is 25.2 Å². The molecule has 0 radical (unpaired) electrons. The maximum absolute atomic E-state index is 10.8. The van der Waals surface area contributed by atoms with E-state index in [1.54, 1.807) is 0 Å². The number of carbonyl (C=O) groups is 4. The lowest BCUT2D eigenvalue weighted by atomic mass is 10.3. The van der Waals surface area contributed by atoms with E-state index in [-0.39, 0.29) is 19.7 Å². The zero-order chi connectivity index (χ0) is 19.0. The Bertz CT molecular complexity index is 486. The monoisotopic (exact) mass is 362 g/mol. The van der Waals surface area contributed by atoms with Gasteiger partial charge in [-0.1, -0.05) is 0 Å². The van der Waals surface area contributed by atoms with Crippen molar-refractivity contribution in [2.24, 2.45) is 0 Å². The second kappa shape index (κ2) is 9.30. The van der Waals surface area contributed by atoms with E-state index in [9.17, 15) is 19.2 Å². The summed E-state index contributed by atoms with van der Waals surface area (Å²) in [5.74, 6) is -4.61. The molecular weight excluding hydrogens is 340 g/mol. The number of ether oxygens (including phenoxy) is 1. The molecule has 0 aromatic rings. The molecule has 0 unspecified atom stereocenters. The molecule has 1 rings (SSSR count). The van der Waals surface area contributed by atoms with Crippen molar-refractivity contribution in [3.05, 3.63) is 0 Å². The van der Waals surface area contributed by atoms with Crippen LogP contribution in [0.3, 0.4) is 0 Å². The van der Waals surface area contributed by atoms with Crippen LogP contribution in [-0.4, -0.2) is 106 Å². The molecule has 25 heavy (non-hydrogen) atoms. The van der Waals surface area contributed by atoms with Crippen LogP contribution in [0.25, 0.3) is 0 Å². The fraction of sp³-hybridized carbons (Fsp3) is 0.714. The normalized spacial score (nSPS) is 15.3. The predicted octanol–water partition coefficient (Wildman–Crippen LogP) is -1.52. The molecule has 11 heteroatoms. The lowest BCUT2D eigenvalue weighted by molar-refractivity contribution is -0.143. The average molecular weight is 362 g/mol. The Morgan fingerprint density at radius 3 is 1.52 bits per heavy atom. The van der Waals surface area contributed by atoms with Crippen LogP contribution in [0.2, 0.25) is 0 Å². The summed E-state index contributed by atoms with van der Waals surface area (Å²) in [6, 6.07) is 0. The second-order valence-corrected chi connectivity index (χ2v) is 5.96. The number of hydrogen-bond donors (Lipinski definition) is 4. The number of rotatable bonds is 14. The summed E-state index contributed by atoms with van der Waals surface area (Å²) in [6.45, 7) is -1.46. The van der Waals surface area contributed by atoms with Crippen LogP contribution in [0.15, 0.2) is 0 Å². The van der Waals surface area contributed by atoms with E-state index in [4.69, 9.17) is 25.2 Å². The van der Waals surface area contributed by atoms with Crippen molar-refractivity contribution >= 4 is 23.9 Å². The van der Waals surface area contributed by atoms with E-state index in [0.29, 0.717) is 12.8 Å². The number of carboxylic acids is 4. The van der Waals surface area contributed by atoms with Gasteiger partial charge in [-0.15, -0.1) is 0 Å². The van der Waals surface area contributed by atoms with Crippen LogP contribution < -0.4 is 0 Å². The van der Waals surface area contributed by atoms with Gasteiger partial charge in [-0.25, -0.2) is 0 Å². The first-order valence-corrected chi connectivity index (χ1v) is 7.58. The summed E-state index contributed by atoms with van der Waals surface area (Å²) in [6.07, 6.45) is 1.25. The topological polar surface area (TPSA) is 165 Å². The predicted molar refractivity (Wildman–Crippen MR) is 81.3 cm³/mol. The van der Waals surface area contributed by atoms with Crippen LogP contribution in [0.4, 0.5) is 0 Å².